The second-order valence-electron chi connectivity index (χ2n) is 6.46. The lowest BCUT2D eigenvalue weighted by molar-refractivity contribution is -0.140. The molecule has 0 aromatic heterocycles. The van der Waals surface area contributed by atoms with E-state index < -0.39 is 12.0 Å². The maximum Gasteiger partial charge on any atom is 0.328 e. The molecular weight excluding hydrogens is 242 g/mol. The molecule has 0 fully saturated rings. The number of rotatable bonds is 1. The molecule has 0 radical (unpaired) electrons. The number of carbonyl (C=O) groups is 1. The Labute approximate surface area is 112 Å². The monoisotopic (exact) mass is 261 g/mol. The summed E-state index contributed by atoms with van der Waals surface area (Å²) in [5, 5.41) is 16.0. The SMILES string of the molecule is CC(C)(C)C1=NN2C(=NC(C(=O)O)C3CC=CC32)C1. The molecule has 3 atom stereocenters. The van der Waals surface area contributed by atoms with Crippen molar-refractivity contribution in [1.82, 2.24) is 5.01 Å². The van der Waals surface area contributed by atoms with E-state index in [-0.39, 0.29) is 17.4 Å². The Hall–Kier alpha value is -1.65. The van der Waals surface area contributed by atoms with Crippen LogP contribution in [0.4, 0.5) is 0 Å². The van der Waals surface area contributed by atoms with Gasteiger partial charge in [0.15, 0.2) is 6.04 Å². The zero-order valence-corrected chi connectivity index (χ0v) is 11.5. The Kier molecular flexibility index (Phi) is 2.56. The minimum atomic E-state index is -0.824. The first-order valence-electron chi connectivity index (χ1n) is 6.71. The maximum absolute atomic E-state index is 11.4. The number of aliphatic carboxylic acids is 1. The molecule has 0 spiro atoms. The van der Waals surface area contributed by atoms with Gasteiger partial charge in [-0.25, -0.2) is 9.80 Å². The van der Waals surface area contributed by atoms with Gasteiger partial charge in [-0.1, -0.05) is 32.9 Å². The minimum absolute atomic E-state index is 0.00358. The van der Waals surface area contributed by atoms with Crippen LogP contribution in [-0.2, 0) is 4.79 Å². The highest BCUT2D eigenvalue weighted by Crippen LogP contribution is 2.37. The summed E-state index contributed by atoms with van der Waals surface area (Å²) in [6.07, 6.45) is 5.57. The molecule has 102 valence electrons. The number of fused-ring (bicyclic) bond motifs is 3. The van der Waals surface area contributed by atoms with Crippen molar-refractivity contribution in [2.45, 2.75) is 45.7 Å². The van der Waals surface area contributed by atoms with E-state index in [1.54, 1.807) is 0 Å². The molecule has 0 aromatic carbocycles. The summed E-state index contributed by atoms with van der Waals surface area (Å²) >= 11 is 0. The summed E-state index contributed by atoms with van der Waals surface area (Å²) in [6.45, 7) is 6.38. The summed E-state index contributed by atoms with van der Waals surface area (Å²) in [5.41, 5.74) is 1.08. The van der Waals surface area contributed by atoms with Crippen LogP contribution in [0.3, 0.4) is 0 Å². The lowest BCUT2D eigenvalue weighted by atomic mass is 9.87. The number of allylic oxidation sites excluding steroid dienone is 1. The normalized spacial score (nSPS) is 32.8. The second-order valence-corrected chi connectivity index (χ2v) is 6.46. The number of hydrazone groups is 1. The molecule has 0 saturated heterocycles. The van der Waals surface area contributed by atoms with Crippen LogP contribution in [-0.4, -0.2) is 39.7 Å². The molecule has 2 aliphatic heterocycles. The van der Waals surface area contributed by atoms with E-state index in [2.05, 4.69) is 31.8 Å². The lowest BCUT2D eigenvalue weighted by Gasteiger charge is -2.34. The van der Waals surface area contributed by atoms with E-state index in [1.807, 2.05) is 11.1 Å². The molecule has 0 saturated carbocycles. The van der Waals surface area contributed by atoms with Gasteiger partial charge >= 0.3 is 5.97 Å². The Bertz CT molecular complexity index is 513. The summed E-state index contributed by atoms with van der Waals surface area (Å²) in [6, 6.07) is -0.561. The highest BCUT2D eigenvalue weighted by atomic mass is 16.4. The Balaban J connectivity index is 1.98. The number of carboxylic acids is 1. The van der Waals surface area contributed by atoms with Gasteiger partial charge in [-0.2, -0.15) is 5.10 Å². The van der Waals surface area contributed by atoms with Gasteiger partial charge in [0, 0.05) is 17.8 Å². The number of aliphatic imine (C=N–C) groups is 1. The van der Waals surface area contributed by atoms with E-state index in [0.29, 0.717) is 6.42 Å². The number of carboxylic acid groups (broad SMARTS) is 1. The Morgan fingerprint density at radius 3 is 2.84 bits per heavy atom. The van der Waals surface area contributed by atoms with Crippen LogP contribution in [0, 0.1) is 11.3 Å². The third-order valence-corrected chi connectivity index (χ3v) is 4.09. The third-order valence-electron chi connectivity index (χ3n) is 4.09. The first-order chi connectivity index (χ1) is 8.88. The topological polar surface area (TPSA) is 65.3 Å². The van der Waals surface area contributed by atoms with Crippen molar-refractivity contribution in [3.63, 3.8) is 0 Å². The van der Waals surface area contributed by atoms with Crippen molar-refractivity contribution in [2.75, 3.05) is 0 Å². The predicted octanol–water partition coefficient (Wildman–Crippen LogP) is 1.90. The summed E-state index contributed by atoms with van der Waals surface area (Å²) in [5.74, 6) is 0.00417. The molecule has 3 unspecified atom stereocenters. The molecule has 0 aromatic rings. The molecule has 0 bridgehead atoms. The van der Waals surface area contributed by atoms with Gasteiger partial charge in [-0.05, 0) is 6.42 Å². The molecule has 3 aliphatic rings. The quantitative estimate of drug-likeness (QED) is 0.733. The second kappa shape index (κ2) is 3.92. The minimum Gasteiger partial charge on any atom is -0.480 e. The number of hydrogen-bond acceptors (Lipinski definition) is 4. The van der Waals surface area contributed by atoms with E-state index in [0.717, 1.165) is 18.0 Å². The van der Waals surface area contributed by atoms with Crippen LogP contribution in [0.15, 0.2) is 22.2 Å². The average molecular weight is 261 g/mol. The van der Waals surface area contributed by atoms with E-state index >= 15 is 0 Å². The van der Waals surface area contributed by atoms with Gasteiger partial charge in [0.1, 0.15) is 5.84 Å². The zero-order valence-electron chi connectivity index (χ0n) is 11.5. The smallest absolute Gasteiger partial charge is 0.328 e. The van der Waals surface area contributed by atoms with Gasteiger partial charge in [0.2, 0.25) is 0 Å². The summed E-state index contributed by atoms with van der Waals surface area (Å²) < 4.78 is 0. The van der Waals surface area contributed by atoms with Crippen molar-refractivity contribution in [3.8, 4) is 0 Å². The summed E-state index contributed by atoms with van der Waals surface area (Å²) in [4.78, 5) is 15.8. The Morgan fingerprint density at radius 1 is 1.47 bits per heavy atom. The van der Waals surface area contributed by atoms with E-state index in [1.165, 1.54) is 0 Å². The van der Waals surface area contributed by atoms with Crippen molar-refractivity contribution in [3.05, 3.63) is 12.2 Å². The number of amidine groups is 1. The molecule has 5 heteroatoms. The molecular formula is C14H19N3O2. The van der Waals surface area contributed by atoms with Gasteiger partial charge in [0.05, 0.1) is 11.8 Å². The first kappa shape index (κ1) is 12.4. The molecule has 1 N–H and O–H groups in total. The van der Waals surface area contributed by atoms with Gasteiger partial charge in [-0.15, -0.1) is 0 Å². The van der Waals surface area contributed by atoms with Crippen LogP contribution in [0.2, 0.25) is 0 Å². The highest BCUT2D eigenvalue weighted by Gasteiger charge is 2.46. The number of hydrogen-bond donors (Lipinski definition) is 1. The molecule has 19 heavy (non-hydrogen) atoms. The van der Waals surface area contributed by atoms with Crippen molar-refractivity contribution >= 4 is 17.5 Å². The lowest BCUT2D eigenvalue weighted by Crippen LogP contribution is -2.47. The molecule has 3 rings (SSSR count). The molecule has 0 amide bonds. The van der Waals surface area contributed by atoms with Crippen LogP contribution in [0.1, 0.15) is 33.6 Å². The Morgan fingerprint density at radius 2 is 2.21 bits per heavy atom. The van der Waals surface area contributed by atoms with E-state index in [9.17, 15) is 9.90 Å². The van der Waals surface area contributed by atoms with Gasteiger partial charge in [-0.3, -0.25) is 4.99 Å². The van der Waals surface area contributed by atoms with Gasteiger partial charge in [0.25, 0.3) is 0 Å². The van der Waals surface area contributed by atoms with Crippen molar-refractivity contribution < 1.29 is 9.90 Å². The van der Waals surface area contributed by atoms with Crippen LogP contribution in [0.25, 0.3) is 0 Å². The van der Waals surface area contributed by atoms with E-state index in [4.69, 9.17) is 5.10 Å². The van der Waals surface area contributed by atoms with Crippen LogP contribution >= 0.6 is 0 Å². The fraction of sp³-hybridized carbons (Fsp3) is 0.643. The third kappa shape index (κ3) is 1.88. The highest BCUT2D eigenvalue weighted by molar-refractivity contribution is 6.10. The standard InChI is InChI=1S/C14H19N3O2/c1-14(2,3)10-7-11-15-12(13(18)19)8-5-4-6-9(8)17(11)16-10/h4,6,8-9,12H,5,7H2,1-3H3,(H,18,19). The fourth-order valence-corrected chi connectivity index (χ4v) is 2.94. The predicted molar refractivity (Wildman–Crippen MR) is 73.2 cm³/mol. The largest absolute Gasteiger partial charge is 0.480 e. The fourth-order valence-electron chi connectivity index (χ4n) is 2.94. The molecule has 5 nitrogen and oxygen atoms in total. The zero-order chi connectivity index (χ0) is 13.8. The molecule has 1 aliphatic carbocycles. The maximum atomic E-state index is 11.4. The first-order valence-corrected chi connectivity index (χ1v) is 6.71. The van der Waals surface area contributed by atoms with Crippen molar-refractivity contribution in [1.29, 1.82) is 0 Å². The van der Waals surface area contributed by atoms with Crippen molar-refractivity contribution in [2.24, 2.45) is 21.4 Å². The number of nitrogens with zero attached hydrogens (tertiary/aromatic N) is 3. The van der Waals surface area contributed by atoms with Gasteiger partial charge < -0.3 is 5.11 Å². The van der Waals surface area contributed by atoms with Crippen LogP contribution < -0.4 is 0 Å². The molecule has 2 heterocycles. The summed E-state index contributed by atoms with van der Waals surface area (Å²) in [7, 11) is 0. The van der Waals surface area contributed by atoms with Crippen LogP contribution in [0.5, 0.6) is 0 Å². The average Bonchev–Trinajstić information content (AvgIpc) is 2.92.